The predicted octanol–water partition coefficient (Wildman–Crippen LogP) is 5.52. The van der Waals surface area contributed by atoms with Crippen molar-refractivity contribution in [3.05, 3.63) is 77.9 Å². The lowest BCUT2D eigenvalue weighted by Crippen LogP contribution is -2.69. The second-order valence-corrected chi connectivity index (χ2v) is 12.9. The fraction of sp³-hybridized carbons (Fsp3) is 0.429. The second kappa shape index (κ2) is 10.8. The van der Waals surface area contributed by atoms with Gasteiger partial charge in [0.1, 0.15) is 23.3 Å². The van der Waals surface area contributed by atoms with E-state index in [0.29, 0.717) is 36.3 Å². The number of carbonyl (C=O) groups excluding carboxylic acids is 3. The first-order valence-electron chi connectivity index (χ1n) is 15.0. The lowest BCUT2D eigenvalue weighted by Gasteiger charge is -2.62. The van der Waals surface area contributed by atoms with Crippen molar-refractivity contribution < 1.29 is 43.2 Å². The molecule has 2 unspecified atom stereocenters. The average Bonchev–Trinajstić information content (AvgIpc) is 3.30. The highest BCUT2D eigenvalue weighted by Crippen LogP contribution is 2.70. The van der Waals surface area contributed by atoms with Gasteiger partial charge in [-0.1, -0.05) is 18.6 Å². The average molecular weight is 616 g/mol. The number of nitriles is 1. The number of aliphatic hydroxyl groups is 1. The highest BCUT2D eigenvalue weighted by atomic mass is 19.1. The summed E-state index contributed by atoms with van der Waals surface area (Å²) in [5.74, 6) is -2.13. The number of alkyl halides is 1. The third-order valence-corrected chi connectivity index (χ3v) is 10.8. The Morgan fingerprint density at radius 3 is 2.38 bits per heavy atom. The van der Waals surface area contributed by atoms with E-state index >= 15 is 4.39 Å². The highest BCUT2D eigenvalue weighted by Gasteiger charge is 2.76. The molecular formula is C35H34FNO8. The first-order valence-corrected chi connectivity index (χ1v) is 15.0. The summed E-state index contributed by atoms with van der Waals surface area (Å²) in [5.41, 5.74) is -5.67. The van der Waals surface area contributed by atoms with Crippen molar-refractivity contribution >= 4 is 17.7 Å². The number of phenolic OH excluding ortho intramolecular Hbond substituents is 1. The van der Waals surface area contributed by atoms with Crippen molar-refractivity contribution in [2.75, 3.05) is 6.61 Å². The minimum absolute atomic E-state index is 0.0270. The number of aromatic hydroxyl groups is 1. The number of carbonyl (C=O) groups is 3. The Morgan fingerprint density at radius 1 is 1.04 bits per heavy atom. The molecule has 3 fully saturated rings. The number of phenols is 1. The fourth-order valence-electron chi connectivity index (χ4n) is 8.48. The van der Waals surface area contributed by atoms with E-state index in [1.807, 2.05) is 0 Å². The maximum absolute atomic E-state index is 17.5. The molecule has 2 aromatic rings. The summed E-state index contributed by atoms with van der Waals surface area (Å²) in [7, 11) is 0. The van der Waals surface area contributed by atoms with E-state index in [2.05, 4.69) is 0 Å². The van der Waals surface area contributed by atoms with Crippen molar-refractivity contribution in [1.29, 1.82) is 5.26 Å². The zero-order valence-electron chi connectivity index (χ0n) is 25.0. The van der Waals surface area contributed by atoms with Crippen LogP contribution >= 0.6 is 0 Å². The number of fused-ring (bicyclic) bond motifs is 5. The summed E-state index contributed by atoms with van der Waals surface area (Å²) in [6.07, 6.45) is 3.75. The topological polar surface area (TPSA) is 143 Å². The van der Waals surface area contributed by atoms with Crippen LogP contribution in [0.15, 0.2) is 72.3 Å². The minimum atomic E-state index is -2.12. The van der Waals surface area contributed by atoms with Gasteiger partial charge >= 0.3 is 11.9 Å². The molecule has 4 aliphatic rings. The van der Waals surface area contributed by atoms with Crippen molar-refractivity contribution in [2.45, 2.75) is 63.3 Å². The summed E-state index contributed by atoms with van der Waals surface area (Å²) >= 11 is 0. The van der Waals surface area contributed by atoms with Gasteiger partial charge in [0.05, 0.1) is 11.7 Å². The quantitative estimate of drug-likeness (QED) is 0.402. The second-order valence-electron chi connectivity index (χ2n) is 12.9. The molecule has 0 bridgehead atoms. The third kappa shape index (κ3) is 4.55. The van der Waals surface area contributed by atoms with Crippen LogP contribution in [0.4, 0.5) is 4.39 Å². The van der Waals surface area contributed by atoms with Gasteiger partial charge in [-0.15, -0.1) is 0 Å². The number of rotatable bonds is 6. The Morgan fingerprint density at radius 2 is 1.71 bits per heavy atom. The van der Waals surface area contributed by atoms with Crippen LogP contribution in [-0.4, -0.2) is 51.9 Å². The molecule has 10 heteroatoms. The summed E-state index contributed by atoms with van der Waals surface area (Å²) in [6, 6.07) is 14.0. The zero-order valence-corrected chi connectivity index (χ0v) is 25.0. The number of ketones is 1. The number of allylic oxidation sites excluding steroid dienone is 4. The number of ether oxygens (including phenoxy) is 3. The molecule has 234 valence electrons. The zero-order chi connectivity index (χ0) is 32.2. The molecule has 0 heterocycles. The number of hydrogen-bond donors (Lipinski definition) is 2. The SMILES string of the molecule is C[C@]12C=CC(=O)C=C1CC[C@H]1[C@@H]3CCC(OC(=O)c4ccc(Oc5ccc(O)cc5)cc4)(C(=O)OCC#N)[C@@]3(C)C[C@H](O)C12F. The highest BCUT2D eigenvalue weighted by molar-refractivity contribution is 6.01. The Hall–Kier alpha value is -4.49. The Kier molecular flexibility index (Phi) is 7.36. The number of hydrogen-bond acceptors (Lipinski definition) is 9. The van der Waals surface area contributed by atoms with Gasteiger partial charge in [-0.25, -0.2) is 14.0 Å². The van der Waals surface area contributed by atoms with Crippen LogP contribution in [-0.2, 0) is 19.1 Å². The molecule has 4 aliphatic carbocycles. The number of nitrogens with zero attached hydrogens (tertiary/aromatic N) is 1. The van der Waals surface area contributed by atoms with Crippen LogP contribution in [0.2, 0.25) is 0 Å². The molecule has 7 atom stereocenters. The molecule has 0 radical (unpaired) electrons. The smallest absolute Gasteiger partial charge is 0.352 e. The third-order valence-electron chi connectivity index (χ3n) is 10.8. The molecule has 2 aromatic carbocycles. The molecule has 2 N–H and O–H groups in total. The van der Waals surface area contributed by atoms with E-state index in [-0.39, 0.29) is 29.9 Å². The van der Waals surface area contributed by atoms with E-state index in [1.54, 1.807) is 50.3 Å². The predicted molar refractivity (Wildman–Crippen MR) is 158 cm³/mol. The van der Waals surface area contributed by atoms with E-state index < -0.39 is 58.6 Å². The van der Waals surface area contributed by atoms with Gasteiger partial charge in [0.25, 0.3) is 0 Å². The minimum Gasteiger partial charge on any atom is -0.508 e. The maximum Gasteiger partial charge on any atom is 0.352 e. The van der Waals surface area contributed by atoms with Gasteiger partial charge in [0, 0.05) is 16.7 Å². The molecule has 3 saturated carbocycles. The maximum atomic E-state index is 17.5. The molecule has 0 saturated heterocycles. The Bertz CT molecular complexity index is 1640. The molecule has 0 aliphatic heterocycles. The van der Waals surface area contributed by atoms with Crippen molar-refractivity contribution in [3.8, 4) is 23.3 Å². The normalized spacial score (nSPS) is 34.8. The summed E-state index contributed by atoms with van der Waals surface area (Å²) < 4.78 is 34.7. The van der Waals surface area contributed by atoms with Crippen LogP contribution in [0, 0.1) is 34.0 Å². The van der Waals surface area contributed by atoms with Gasteiger partial charge in [0.15, 0.2) is 18.1 Å². The van der Waals surface area contributed by atoms with Crippen LogP contribution in [0.25, 0.3) is 0 Å². The summed E-state index contributed by atoms with van der Waals surface area (Å²) in [6.45, 7) is 2.88. The van der Waals surface area contributed by atoms with Gasteiger partial charge in [-0.3, -0.25) is 4.79 Å². The molecule has 9 nitrogen and oxygen atoms in total. The van der Waals surface area contributed by atoms with Crippen molar-refractivity contribution in [1.82, 2.24) is 0 Å². The first kappa shape index (κ1) is 30.5. The van der Waals surface area contributed by atoms with Crippen LogP contribution in [0.5, 0.6) is 17.2 Å². The van der Waals surface area contributed by atoms with Gasteiger partial charge in [-0.2, -0.15) is 5.26 Å². The lowest BCUT2D eigenvalue weighted by atomic mass is 9.45. The molecule has 45 heavy (non-hydrogen) atoms. The Balaban J connectivity index is 1.31. The fourth-order valence-corrected chi connectivity index (χ4v) is 8.48. The molecule has 6 rings (SSSR count). The number of aliphatic hydroxyl groups excluding tert-OH is 1. The standard InChI is InChI=1S/C35H34FNO8/c1-32-15-13-24(39)19-22(32)5-12-28-27-14-16-34(31(42)43-18-17-37,33(27,2)20-29(40)35(28,32)36)45-30(41)21-3-8-25(9-4-21)44-26-10-6-23(38)7-11-26/h3-4,6-11,13,15,19,27-29,38,40H,5,12,14,16,18,20H2,1-2H3/t27-,28-,29-,32-,33-,34?,35?/m0/s1. The van der Waals surface area contributed by atoms with Crippen LogP contribution < -0.4 is 4.74 Å². The molecule has 0 amide bonds. The lowest BCUT2D eigenvalue weighted by molar-refractivity contribution is -0.224. The molecule has 0 aromatic heterocycles. The van der Waals surface area contributed by atoms with Gasteiger partial charge in [-0.05, 0) is 106 Å². The van der Waals surface area contributed by atoms with E-state index in [0.717, 1.165) is 0 Å². The van der Waals surface area contributed by atoms with Crippen LogP contribution in [0.1, 0.15) is 56.3 Å². The van der Waals surface area contributed by atoms with Gasteiger partial charge < -0.3 is 24.4 Å². The van der Waals surface area contributed by atoms with E-state index in [9.17, 15) is 24.6 Å². The summed E-state index contributed by atoms with van der Waals surface area (Å²) in [5, 5.41) is 30.3. The number of benzene rings is 2. The molecule has 0 spiro atoms. The van der Waals surface area contributed by atoms with Crippen molar-refractivity contribution in [3.63, 3.8) is 0 Å². The number of halogens is 1. The molecular weight excluding hydrogens is 581 g/mol. The van der Waals surface area contributed by atoms with Gasteiger partial charge in [0.2, 0.25) is 5.60 Å². The Labute approximate surface area is 259 Å². The largest absolute Gasteiger partial charge is 0.508 e. The number of esters is 2. The van der Waals surface area contributed by atoms with E-state index in [1.165, 1.54) is 36.4 Å². The first-order chi connectivity index (χ1) is 21.4. The van der Waals surface area contributed by atoms with Crippen LogP contribution in [0.3, 0.4) is 0 Å². The van der Waals surface area contributed by atoms with E-state index in [4.69, 9.17) is 19.5 Å². The summed E-state index contributed by atoms with van der Waals surface area (Å²) in [4.78, 5) is 39.6. The van der Waals surface area contributed by atoms with Crippen molar-refractivity contribution in [2.24, 2.45) is 22.7 Å². The monoisotopic (exact) mass is 615 g/mol.